The van der Waals surface area contributed by atoms with Gasteiger partial charge in [-0.1, -0.05) is 6.92 Å². The van der Waals surface area contributed by atoms with E-state index in [2.05, 4.69) is 20.6 Å². The third kappa shape index (κ3) is 3.50. The third-order valence-electron chi connectivity index (χ3n) is 2.58. The summed E-state index contributed by atoms with van der Waals surface area (Å²) in [7, 11) is 0. The van der Waals surface area contributed by atoms with E-state index in [0.717, 1.165) is 12.6 Å². The van der Waals surface area contributed by atoms with Crippen LogP contribution in [0.2, 0.25) is 0 Å². The molecular formula is C14H15FN4O. The van der Waals surface area contributed by atoms with Crippen LogP contribution in [0.15, 0.2) is 36.8 Å². The van der Waals surface area contributed by atoms with Crippen LogP contribution in [0, 0.1) is 5.82 Å². The van der Waals surface area contributed by atoms with Gasteiger partial charge in [0.15, 0.2) is 0 Å². The van der Waals surface area contributed by atoms with Gasteiger partial charge in [-0.2, -0.15) is 0 Å². The van der Waals surface area contributed by atoms with E-state index in [1.165, 1.54) is 6.07 Å². The maximum Gasteiger partial charge on any atom is 0.259 e. The Labute approximate surface area is 116 Å². The normalized spacial score (nSPS) is 10.1. The molecule has 0 spiro atoms. The molecule has 2 aromatic rings. The van der Waals surface area contributed by atoms with Gasteiger partial charge in [0.1, 0.15) is 11.6 Å². The molecule has 0 aliphatic carbocycles. The number of carbonyl (C=O) groups is 1. The first-order valence-electron chi connectivity index (χ1n) is 6.31. The van der Waals surface area contributed by atoms with Gasteiger partial charge in [-0.25, -0.2) is 9.37 Å². The van der Waals surface area contributed by atoms with Crippen LogP contribution >= 0.6 is 0 Å². The second-order valence-corrected chi connectivity index (χ2v) is 4.17. The number of hydrogen-bond donors (Lipinski definition) is 2. The van der Waals surface area contributed by atoms with E-state index in [4.69, 9.17) is 0 Å². The van der Waals surface area contributed by atoms with Crippen molar-refractivity contribution in [3.8, 4) is 0 Å². The molecule has 0 atom stereocenters. The van der Waals surface area contributed by atoms with Crippen molar-refractivity contribution >= 4 is 17.4 Å². The van der Waals surface area contributed by atoms with Gasteiger partial charge in [-0.15, -0.1) is 0 Å². The molecule has 0 radical (unpaired) electrons. The Balaban J connectivity index is 2.21. The monoisotopic (exact) mass is 274 g/mol. The van der Waals surface area contributed by atoms with Crippen LogP contribution in [0.3, 0.4) is 0 Å². The summed E-state index contributed by atoms with van der Waals surface area (Å²) in [5.74, 6) is -0.589. The number of amides is 1. The lowest BCUT2D eigenvalue weighted by Crippen LogP contribution is -2.16. The summed E-state index contributed by atoms with van der Waals surface area (Å²) in [5, 5.41) is 5.68. The predicted octanol–water partition coefficient (Wildman–Crippen LogP) is 2.69. The molecule has 0 aliphatic rings. The van der Waals surface area contributed by atoms with Crippen molar-refractivity contribution < 1.29 is 9.18 Å². The summed E-state index contributed by atoms with van der Waals surface area (Å²) < 4.78 is 13.3. The number of carbonyl (C=O) groups excluding carboxylic acids is 1. The highest BCUT2D eigenvalue weighted by Gasteiger charge is 2.14. The summed E-state index contributed by atoms with van der Waals surface area (Å²) >= 11 is 0. The topological polar surface area (TPSA) is 66.9 Å². The molecule has 5 nitrogen and oxygen atoms in total. The number of anilines is 2. The number of pyridine rings is 2. The Morgan fingerprint density at radius 2 is 2.10 bits per heavy atom. The molecule has 2 aromatic heterocycles. The minimum Gasteiger partial charge on any atom is -0.369 e. The number of nitrogens with zero attached hydrogens (tertiary/aromatic N) is 2. The van der Waals surface area contributed by atoms with E-state index < -0.39 is 11.7 Å². The fourth-order valence-electron chi connectivity index (χ4n) is 1.63. The molecule has 2 rings (SSSR count). The van der Waals surface area contributed by atoms with Gasteiger partial charge >= 0.3 is 0 Å². The highest BCUT2D eigenvalue weighted by atomic mass is 19.1. The lowest BCUT2D eigenvalue weighted by Gasteiger charge is -2.10. The lowest BCUT2D eigenvalue weighted by molar-refractivity contribution is 0.102. The van der Waals surface area contributed by atoms with Crippen molar-refractivity contribution in [1.29, 1.82) is 0 Å². The first-order valence-corrected chi connectivity index (χ1v) is 6.31. The first-order chi connectivity index (χ1) is 9.70. The molecule has 6 heteroatoms. The lowest BCUT2D eigenvalue weighted by atomic mass is 10.2. The Morgan fingerprint density at radius 3 is 2.80 bits per heavy atom. The van der Waals surface area contributed by atoms with E-state index in [9.17, 15) is 9.18 Å². The molecule has 2 N–H and O–H groups in total. The fourth-order valence-corrected chi connectivity index (χ4v) is 1.63. The van der Waals surface area contributed by atoms with Crippen LogP contribution in [0.4, 0.5) is 15.9 Å². The fraction of sp³-hybridized carbons (Fsp3) is 0.214. The summed E-state index contributed by atoms with van der Waals surface area (Å²) in [5.41, 5.74) is 0.769. The standard InChI is InChI=1S/C14H15FN4O/c1-2-5-17-13-12(8-10(15)9-18-13)14(20)19-11-3-6-16-7-4-11/h3-4,6-9H,2,5H2,1H3,(H,17,18)(H,16,19,20). The Morgan fingerprint density at radius 1 is 1.35 bits per heavy atom. The number of halogens is 1. The van der Waals surface area contributed by atoms with Gasteiger partial charge in [0.05, 0.1) is 11.8 Å². The molecule has 2 heterocycles. The van der Waals surface area contributed by atoms with Crippen molar-refractivity contribution in [1.82, 2.24) is 9.97 Å². The highest BCUT2D eigenvalue weighted by Crippen LogP contribution is 2.16. The predicted molar refractivity (Wildman–Crippen MR) is 75.2 cm³/mol. The molecule has 0 bridgehead atoms. The molecule has 0 aromatic carbocycles. The van der Waals surface area contributed by atoms with Gasteiger partial charge in [-0.3, -0.25) is 9.78 Å². The summed E-state index contributed by atoms with van der Waals surface area (Å²) in [6.07, 6.45) is 5.09. The zero-order chi connectivity index (χ0) is 14.4. The van der Waals surface area contributed by atoms with Crippen LogP contribution in [0.25, 0.3) is 0 Å². The minimum atomic E-state index is -0.549. The number of aromatic nitrogens is 2. The molecule has 0 fully saturated rings. The zero-order valence-corrected chi connectivity index (χ0v) is 11.1. The maximum atomic E-state index is 13.3. The average molecular weight is 274 g/mol. The minimum absolute atomic E-state index is 0.176. The van der Waals surface area contributed by atoms with Crippen LogP contribution in [0.1, 0.15) is 23.7 Å². The van der Waals surface area contributed by atoms with Crippen molar-refractivity contribution in [3.05, 3.63) is 48.2 Å². The number of rotatable bonds is 5. The van der Waals surface area contributed by atoms with Gasteiger partial charge in [0, 0.05) is 24.6 Å². The molecule has 0 saturated carbocycles. The van der Waals surface area contributed by atoms with Crippen molar-refractivity contribution in [2.75, 3.05) is 17.2 Å². The second kappa shape index (κ2) is 6.60. The SMILES string of the molecule is CCCNc1ncc(F)cc1C(=O)Nc1ccncc1. The number of nitrogens with one attached hydrogen (secondary N) is 2. The quantitative estimate of drug-likeness (QED) is 0.879. The highest BCUT2D eigenvalue weighted by molar-refractivity contribution is 6.07. The van der Waals surface area contributed by atoms with Gasteiger partial charge in [-0.05, 0) is 24.6 Å². The summed E-state index contributed by atoms with van der Waals surface area (Å²) in [4.78, 5) is 20.0. The van der Waals surface area contributed by atoms with Crippen LogP contribution in [-0.2, 0) is 0 Å². The van der Waals surface area contributed by atoms with Crippen LogP contribution < -0.4 is 10.6 Å². The Bertz CT molecular complexity index is 589. The average Bonchev–Trinajstić information content (AvgIpc) is 2.47. The Hall–Kier alpha value is -2.50. The molecule has 0 aliphatic heterocycles. The smallest absolute Gasteiger partial charge is 0.259 e. The third-order valence-corrected chi connectivity index (χ3v) is 2.58. The van der Waals surface area contributed by atoms with Gasteiger partial charge in [0.25, 0.3) is 5.91 Å². The summed E-state index contributed by atoms with van der Waals surface area (Å²) in [6, 6.07) is 4.48. The molecule has 20 heavy (non-hydrogen) atoms. The summed E-state index contributed by atoms with van der Waals surface area (Å²) in [6.45, 7) is 2.65. The molecular weight excluding hydrogens is 259 g/mol. The molecule has 104 valence electrons. The van der Waals surface area contributed by atoms with Gasteiger partial charge < -0.3 is 10.6 Å². The van der Waals surface area contributed by atoms with Crippen molar-refractivity contribution in [2.45, 2.75) is 13.3 Å². The molecule has 0 unspecified atom stereocenters. The second-order valence-electron chi connectivity index (χ2n) is 4.17. The van der Waals surface area contributed by atoms with E-state index >= 15 is 0 Å². The maximum absolute atomic E-state index is 13.3. The largest absolute Gasteiger partial charge is 0.369 e. The van der Waals surface area contributed by atoms with E-state index in [-0.39, 0.29) is 5.56 Å². The van der Waals surface area contributed by atoms with E-state index in [0.29, 0.717) is 18.1 Å². The van der Waals surface area contributed by atoms with Crippen molar-refractivity contribution in [3.63, 3.8) is 0 Å². The molecule has 1 amide bonds. The zero-order valence-electron chi connectivity index (χ0n) is 11.1. The van der Waals surface area contributed by atoms with Crippen LogP contribution in [-0.4, -0.2) is 22.4 Å². The van der Waals surface area contributed by atoms with Crippen LogP contribution in [0.5, 0.6) is 0 Å². The van der Waals surface area contributed by atoms with Gasteiger partial charge in [0.2, 0.25) is 0 Å². The van der Waals surface area contributed by atoms with Crippen molar-refractivity contribution in [2.24, 2.45) is 0 Å². The molecule has 0 saturated heterocycles. The van der Waals surface area contributed by atoms with E-state index in [1.54, 1.807) is 24.5 Å². The number of hydrogen-bond acceptors (Lipinski definition) is 4. The Kier molecular flexibility index (Phi) is 4.60. The first kappa shape index (κ1) is 13.9. The van der Waals surface area contributed by atoms with E-state index in [1.807, 2.05) is 6.92 Å².